The molecule has 6 nitrogen and oxygen atoms in total. The van der Waals surface area contributed by atoms with E-state index in [9.17, 15) is 9.59 Å². The second-order valence-corrected chi connectivity index (χ2v) is 6.80. The van der Waals surface area contributed by atoms with Gasteiger partial charge in [-0.05, 0) is 39.8 Å². The Morgan fingerprint density at radius 2 is 1.86 bits per heavy atom. The number of rotatable bonds is 2. The fourth-order valence-corrected chi connectivity index (χ4v) is 3.64. The summed E-state index contributed by atoms with van der Waals surface area (Å²) in [5, 5.41) is 9.10. The molecule has 4 atom stereocenters. The Morgan fingerprint density at radius 1 is 1.19 bits per heavy atom. The molecule has 2 rings (SSSR count). The predicted octanol–water partition coefficient (Wildman–Crippen LogP) is 1.17. The molecule has 0 aliphatic carbocycles. The number of carbonyl (C=O) groups excluding carboxylic acids is 1. The van der Waals surface area contributed by atoms with E-state index in [4.69, 9.17) is 5.11 Å². The van der Waals surface area contributed by atoms with Crippen molar-refractivity contribution in [3.63, 3.8) is 0 Å². The van der Waals surface area contributed by atoms with Crippen molar-refractivity contribution in [2.45, 2.75) is 38.8 Å². The van der Waals surface area contributed by atoms with Crippen LogP contribution in [0.5, 0.6) is 0 Å². The SMILES string of the molecule is CC1CN(C(=O)N2CCC(C(=O)O)CC2C)CC1N(C)C. The molecule has 2 amide bonds. The van der Waals surface area contributed by atoms with Crippen LogP contribution in [-0.4, -0.2) is 77.6 Å². The summed E-state index contributed by atoms with van der Waals surface area (Å²) in [6, 6.07) is 0.476. The third-order valence-electron chi connectivity index (χ3n) is 4.98. The Labute approximate surface area is 126 Å². The summed E-state index contributed by atoms with van der Waals surface area (Å²) < 4.78 is 0. The number of urea groups is 1. The zero-order valence-electron chi connectivity index (χ0n) is 13.5. The van der Waals surface area contributed by atoms with E-state index in [-0.39, 0.29) is 18.0 Å². The van der Waals surface area contributed by atoms with Crippen molar-refractivity contribution in [2.75, 3.05) is 33.7 Å². The van der Waals surface area contributed by atoms with E-state index >= 15 is 0 Å². The van der Waals surface area contributed by atoms with Crippen molar-refractivity contribution in [1.82, 2.24) is 14.7 Å². The van der Waals surface area contributed by atoms with E-state index < -0.39 is 5.97 Å². The van der Waals surface area contributed by atoms with Crippen molar-refractivity contribution >= 4 is 12.0 Å². The molecule has 0 aromatic rings. The summed E-state index contributed by atoms with van der Waals surface area (Å²) in [6.07, 6.45) is 1.12. The first kappa shape index (κ1) is 16.1. The van der Waals surface area contributed by atoms with Crippen LogP contribution in [-0.2, 0) is 4.79 Å². The molecule has 0 bridgehead atoms. The monoisotopic (exact) mass is 297 g/mol. The van der Waals surface area contributed by atoms with Gasteiger partial charge in [-0.1, -0.05) is 6.92 Å². The number of amides is 2. The quantitative estimate of drug-likeness (QED) is 0.831. The topological polar surface area (TPSA) is 64.1 Å². The number of carboxylic acid groups (broad SMARTS) is 1. The van der Waals surface area contributed by atoms with Gasteiger partial charge in [-0.15, -0.1) is 0 Å². The van der Waals surface area contributed by atoms with Crippen LogP contribution >= 0.6 is 0 Å². The Morgan fingerprint density at radius 3 is 2.33 bits per heavy atom. The maximum atomic E-state index is 12.7. The number of likely N-dealkylation sites (tertiary alicyclic amines) is 2. The third-order valence-corrected chi connectivity index (χ3v) is 4.98. The zero-order chi connectivity index (χ0) is 15.7. The molecule has 2 aliphatic rings. The summed E-state index contributed by atoms with van der Waals surface area (Å²) in [4.78, 5) is 29.7. The number of hydrogen-bond acceptors (Lipinski definition) is 3. The third kappa shape index (κ3) is 3.31. The molecule has 0 aromatic carbocycles. The van der Waals surface area contributed by atoms with Gasteiger partial charge in [0.05, 0.1) is 5.92 Å². The molecule has 2 heterocycles. The Balaban J connectivity index is 1.97. The highest BCUT2D eigenvalue weighted by Crippen LogP contribution is 2.27. The van der Waals surface area contributed by atoms with E-state index in [0.29, 0.717) is 31.3 Å². The summed E-state index contributed by atoms with van der Waals surface area (Å²) >= 11 is 0. The minimum atomic E-state index is -0.739. The normalized spacial score (nSPS) is 33.6. The fraction of sp³-hybridized carbons (Fsp3) is 0.867. The van der Waals surface area contributed by atoms with E-state index in [2.05, 4.69) is 25.9 Å². The van der Waals surface area contributed by atoms with Crippen LogP contribution < -0.4 is 0 Å². The molecule has 120 valence electrons. The van der Waals surface area contributed by atoms with E-state index in [0.717, 1.165) is 13.1 Å². The van der Waals surface area contributed by atoms with Gasteiger partial charge in [0.2, 0.25) is 0 Å². The lowest BCUT2D eigenvalue weighted by Crippen LogP contribution is -2.51. The maximum Gasteiger partial charge on any atom is 0.320 e. The Bertz CT molecular complexity index is 413. The lowest BCUT2D eigenvalue weighted by molar-refractivity contribution is -0.143. The van der Waals surface area contributed by atoms with Gasteiger partial charge in [0.25, 0.3) is 0 Å². The first-order valence-electron chi connectivity index (χ1n) is 7.76. The van der Waals surface area contributed by atoms with Crippen molar-refractivity contribution in [3.8, 4) is 0 Å². The summed E-state index contributed by atoms with van der Waals surface area (Å²) in [5.74, 6) is -0.580. The van der Waals surface area contributed by atoms with Gasteiger partial charge in [-0.2, -0.15) is 0 Å². The second kappa shape index (κ2) is 6.22. The zero-order valence-corrected chi connectivity index (χ0v) is 13.5. The van der Waals surface area contributed by atoms with Crippen LogP contribution in [0.25, 0.3) is 0 Å². The van der Waals surface area contributed by atoms with Gasteiger partial charge >= 0.3 is 12.0 Å². The van der Waals surface area contributed by atoms with Crippen LogP contribution in [0.4, 0.5) is 4.79 Å². The number of likely N-dealkylation sites (N-methyl/N-ethyl adjacent to an activating group) is 1. The Hall–Kier alpha value is -1.30. The average Bonchev–Trinajstić information content (AvgIpc) is 2.80. The number of carbonyl (C=O) groups is 2. The van der Waals surface area contributed by atoms with E-state index in [1.807, 2.05) is 16.7 Å². The number of piperidine rings is 1. The van der Waals surface area contributed by atoms with Crippen molar-refractivity contribution in [1.29, 1.82) is 0 Å². The lowest BCUT2D eigenvalue weighted by atomic mass is 9.92. The van der Waals surface area contributed by atoms with Crippen LogP contribution in [0.15, 0.2) is 0 Å². The molecule has 2 aliphatic heterocycles. The van der Waals surface area contributed by atoms with Gasteiger partial charge < -0.3 is 19.8 Å². The minimum Gasteiger partial charge on any atom is -0.481 e. The molecule has 0 radical (unpaired) electrons. The van der Waals surface area contributed by atoms with Crippen LogP contribution in [0.1, 0.15) is 26.7 Å². The molecule has 0 aromatic heterocycles. The van der Waals surface area contributed by atoms with Crippen LogP contribution in [0.3, 0.4) is 0 Å². The van der Waals surface area contributed by atoms with Crippen LogP contribution in [0.2, 0.25) is 0 Å². The van der Waals surface area contributed by atoms with Crippen LogP contribution in [0, 0.1) is 11.8 Å². The number of carboxylic acids is 1. The van der Waals surface area contributed by atoms with Crippen molar-refractivity contribution in [3.05, 3.63) is 0 Å². The highest BCUT2D eigenvalue weighted by Gasteiger charge is 2.39. The molecule has 4 unspecified atom stereocenters. The van der Waals surface area contributed by atoms with Gasteiger partial charge in [0, 0.05) is 31.7 Å². The summed E-state index contributed by atoms with van der Waals surface area (Å²) in [7, 11) is 4.10. The molecule has 0 saturated carbocycles. The molecular weight excluding hydrogens is 270 g/mol. The lowest BCUT2D eigenvalue weighted by Gasteiger charge is -2.38. The van der Waals surface area contributed by atoms with Gasteiger partial charge in [-0.25, -0.2) is 4.79 Å². The number of hydrogen-bond donors (Lipinski definition) is 1. The van der Waals surface area contributed by atoms with E-state index in [1.165, 1.54) is 0 Å². The maximum absolute atomic E-state index is 12.7. The van der Waals surface area contributed by atoms with E-state index in [1.54, 1.807) is 0 Å². The first-order chi connectivity index (χ1) is 9.81. The average molecular weight is 297 g/mol. The molecule has 2 fully saturated rings. The predicted molar refractivity (Wildman–Crippen MR) is 80.1 cm³/mol. The smallest absolute Gasteiger partial charge is 0.320 e. The standard InChI is InChI=1S/C15H27N3O3/c1-10-8-17(9-13(10)16(3)4)15(21)18-6-5-12(14(19)20)7-11(18)2/h10-13H,5-9H2,1-4H3,(H,19,20). The Kier molecular flexibility index (Phi) is 4.76. The molecule has 6 heteroatoms. The first-order valence-corrected chi connectivity index (χ1v) is 7.76. The number of aliphatic carboxylic acids is 1. The second-order valence-electron chi connectivity index (χ2n) is 6.80. The van der Waals surface area contributed by atoms with Gasteiger partial charge in [0.15, 0.2) is 0 Å². The van der Waals surface area contributed by atoms with Crippen molar-refractivity contribution < 1.29 is 14.7 Å². The molecule has 0 spiro atoms. The molecule has 2 saturated heterocycles. The number of nitrogens with zero attached hydrogens (tertiary/aromatic N) is 3. The van der Waals surface area contributed by atoms with Gasteiger partial charge in [0.1, 0.15) is 0 Å². The summed E-state index contributed by atoms with van der Waals surface area (Å²) in [5.41, 5.74) is 0. The largest absolute Gasteiger partial charge is 0.481 e. The molecule has 1 N–H and O–H groups in total. The fourth-order valence-electron chi connectivity index (χ4n) is 3.64. The highest BCUT2D eigenvalue weighted by atomic mass is 16.4. The summed E-state index contributed by atoms with van der Waals surface area (Å²) in [6.45, 7) is 6.23. The molecule has 21 heavy (non-hydrogen) atoms. The minimum absolute atomic E-state index is 0.000984. The highest BCUT2D eigenvalue weighted by molar-refractivity contribution is 5.76. The van der Waals surface area contributed by atoms with Gasteiger partial charge in [-0.3, -0.25) is 4.79 Å². The molecular formula is C15H27N3O3. The van der Waals surface area contributed by atoms with Crippen molar-refractivity contribution in [2.24, 2.45) is 11.8 Å².